The number of aryl methyl sites for hydroxylation is 1. The third-order valence-corrected chi connectivity index (χ3v) is 2.92. The van der Waals surface area contributed by atoms with E-state index in [1.165, 1.54) is 18.2 Å². The minimum absolute atomic E-state index is 0.240. The Hall–Kier alpha value is -1.88. The molecule has 0 radical (unpaired) electrons. The lowest BCUT2D eigenvalue weighted by molar-refractivity contribution is 0.189. The van der Waals surface area contributed by atoms with Gasteiger partial charge in [-0.2, -0.15) is 0 Å². The number of nitrogens with zero attached hydrogens (tertiary/aromatic N) is 2. The molecule has 0 fully saturated rings. The molecule has 5 heteroatoms. The minimum atomic E-state index is -0.707. The number of aromatic nitrogens is 2. The van der Waals surface area contributed by atoms with Crippen LogP contribution >= 0.6 is 0 Å². The van der Waals surface area contributed by atoms with Gasteiger partial charge < -0.3 is 14.4 Å². The summed E-state index contributed by atoms with van der Waals surface area (Å²) >= 11 is 0. The number of hydrogen-bond acceptors (Lipinski definition) is 3. The zero-order valence-corrected chi connectivity index (χ0v) is 11.0. The van der Waals surface area contributed by atoms with E-state index < -0.39 is 11.9 Å². The SMILES string of the molecule is CCn1ccnc1COc1cc(F)ccc1[C@H](C)O. The molecule has 0 aliphatic heterocycles. The lowest BCUT2D eigenvalue weighted by Crippen LogP contribution is -2.07. The smallest absolute Gasteiger partial charge is 0.146 e. The highest BCUT2D eigenvalue weighted by Gasteiger charge is 2.11. The van der Waals surface area contributed by atoms with Crippen molar-refractivity contribution in [1.29, 1.82) is 0 Å². The second kappa shape index (κ2) is 5.84. The Bertz CT molecular complexity index is 552. The highest BCUT2D eigenvalue weighted by atomic mass is 19.1. The van der Waals surface area contributed by atoms with Gasteiger partial charge in [0.15, 0.2) is 0 Å². The zero-order valence-electron chi connectivity index (χ0n) is 11.0. The highest BCUT2D eigenvalue weighted by Crippen LogP contribution is 2.26. The van der Waals surface area contributed by atoms with Gasteiger partial charge in [-0.05, 0) is 26.0 Å². The van der Waals surface area contributed by atoms with E-state index in [9.17, 15) is 9.50 Å². The fraction of sp³-hybridized carbons (Fsp3) is 0.357. The first-order valence-corrected chi connectivity index (χ1v) is 6.22. The first-order chi connectivity index (χ1) is 9.11. The molecule has 1 atom stereocenters. The van der Waals surface area contributed by atoms with Gasteiger partial charge in [0, 0.05) is 30.6 Å². The van der Waals surface area contributed by atoms with E-state index in [0.717, 1.165) is 12.4 Å². The Morgan fingerprint density at radius 1 is 1.47 bits per heavy atom. The maximum absolute atomic E-state index is 13.2. The van der Waals surface area contributed by atoms with Gasteiger partial charge in [0.2, 0.25) is 0 Å². The van der Waals surface area contributed by atoms with Crippen LogP contribution in [0.2, 0.25) is 0 Å². The van der Waals surface area contributed by atoms with Crippen molar-refractivity contribution >= 4 is 0 Å². The second-order valence-corrected chi connectivity index (χ2v) is 4.28. The van der Waals surface area contributed by atoms with Gasteiger partial charge in [0.1, 0.15) is 24.0 Å². The Kier molecular flexibility index (Phi) is 4.16. The van der Waals surface area contributed by atoms with Crippen LogP contribution in [-0.2, 0) is 13.2 Å². The van der Waals surface area contributed by atoms with Crippen LogP contribution in [-0.4, -0.2) is 14.7 Å². The van der Waals surface area contributed by atoms with E-state index >= 15 is 0 Å². The molecule has 0 aliphatic carbocycles. The summed E-state index contributed by atoms with van der Waals surface area (Å²) in [6.45, 7) is 4.66. The molecular weight excluding hydrogens is 247 g/mol. The molecule has 1 heterocycles. The monoisotopic (exact) mass is 264 g/mol. The van der Waals surface area contributed by atoms with Crippen LogP contribution in [0.5, 0.6) is 5.75 Å². The number of imidazole rings is 1. The Morgan fingerprint density at radius 3 is 2.95 bits per heavy atom. The maximum Gasteiger partial charge on any atom is 0.146 e. The van der Waals surface area contributed by atoms with Crippen molar-refractivity contribution in [2.75, 3.05) is 0 Å². The molecule has 0 aliphatic rings. The average Bonchev–Trinajstić information content (AvgIpc) is 2.83. The van der Waals surface area contributed by atoms with Crippen LogP contribution in [0.25, 0.3) is 0 Å². The summed E-state index contributed by atoms with van der Waals surface area (Å²) < 4.78 is 20.8. The van der Waals surface area contributed by atoms with Gasteiger partial charge in [-0.25, -0.2) is 9.37 Å². The normalized spacial score (nSPS) is 12.4. The summed E-state index contributed by atoms with van der Waals surface area (Å²) in [5.41, 5.74) is 0.566. The van der Waals surface area contributed by atoms with Crippen LogP contribution < -0.4 is 4.74 Å². The first kappa shape index (κ1) is 13.5. The van der Waals surface area contributed by atoms with E-state index in [2.05, 4.69) is 4.98 Å². The molecule has 19 heavy (non-hydrogen) atoms. The van der Waals surface area contributed by atoms with Crippen molar-refractivity contribution in [3.63, 3.8) is 0 Å². The molecule has 4 nitrogen and oxygen atoms in total. The van der Waals surface area contributed by atoms with E-state index in [0.29, 0.717) is 11.3 Å². The van der Waals surface area contributed by atoms with Crippen molar-refractivity contribution in [2.45, 2.75) is 33.1 Å². The van der Waals surface area contributed by atoms with E-state index in [1.54, 1.807) is 13.1 Å². The lowest BCUT2D eigenvalue weighted by Gasteiger charge is -2.13. The molecule has 2 aromatic rings. The predicted octanol–water partition coefficient (Wildman–Crippen LogP) is 2.67. The fourth-order valence-electron chi connectivity index (χ4n) is 1.89. The third kappa shape index (κ3) is 3.12. The molecule has 0 unspecified atom stereocenters. The van der Waals surface area contributed by atoms with E-state index in [4.69, 9.17) is 4.74 Å². The number of aliphatic hydroxyl groups excluding tert-OH is 1. The molecule has 0 saturated heterocycles. The van der Waals surface area contributed by atoms with Crippen molar-refractivity contribution in [3.05, 3.63) is 47.8 Å². The molecule has 1 aromatic carbocycles. The average molecular weight is 264 g/mol. The number of aliphatic hydroxyl groups is 1. The molecule has 0 spiro atoms. The molecular formula is C14H17FN2O2. The first-order valence-electron chi connectivity index (χ1n) is 6.22. The second-order valence-electron chi connectivity index (χ2n) is 4.28. The fourth-order valence-corrected chi connectivity index (χ4v) is 1.89. The molecule has 1 N–H and O–H groups in total. The minimum Gasteiger partial charge on any atom is -0.485 e. The highest BCUT2D eigenvalue weighted by molar-refractivity contribution is 5.35. The molecule has 102 valence electrons. The summed E-state index contributed by atoms with van der Waals surface area (Å²) in [5.74, 6) is 0.724. The van der Waals surface area contributed by atoms with Crippen molar-refractivity contribution < 1.29 is 14.2 Å². The van der Waals surface area contributed by atoms with Gasteiger partial charge >= 0.3 is 0 Å². The molecule has 1 aromatic heterocycles. The van der Waals surface area contributed by atoms with Crippen molar-refractivity contribution in [3.8, 4) is 5.75 Å². The zero-order chi connectivity index (χ0) is 13.8. The van der Waals surface area contributed by atoms with E-state index in [-0.39, 0.29) is 6.61 Å². The van der Waals surface area contributed by atoms with Crippen LogP contribution in [0, 0.1) is 5.82 Å². The third-order valence-electron chi connectivity index (χ3n) is 2.92. The van der Waals surface area contributed by atoms with Gasteiger partial charge in [-0.15, -0.1) is 0 Å². The van der Waals surface area contributed by atoms with Gasteiger partial charge in [0.25, 0.3) is 0 Å². The molecule has 0 saturated carbocycles. The Labute approximate surface area is 111 Å². The number of ether oxygens (including phenoxy) is 1. The van der Waals surface area contributed by atoms with Crippen LogP contribution in [0.4, 0.5) is 4.39 Å². The standard InChI is InChI=1S/C14H17FN2O2/c1-3-17-7-6-16-14(17)9-19-13-8-11(15)4-5-12(13)10(2)18/h4-8,10,18H,3,9H2,1-2H3/t10-/m0/s1. The summed E-state index contributed by atoms with van der Waals surface area (Å²) in [6.07, 6.45) is 2.85. The molecule has 2 rings (SSSR count). The molecule has 0 bridgehead atoms. The van der Waals surface area contributed by atoms with E-state index in [1.807, 2.05) is 17.7 Å². The number of benzene rings is 1. The van der Waals surface area contributed by atoms with Crippen LogP contribution in [0.15, 0.2) is 30.6 Å². The maximum atomic E-state index is 13.2. The number of rotatable bonds is 5. The van der Waals surface area contributed by atoms with Gasteiger partial charge in [-0.3, -0.25) is 0 Å². The summed E-state index contributed by atoms with van der Waals surface area (Å²) in [6, 6.07) is 4.12. The summed E-state index contributed by atoms with van der Waals surface area (Å²) in [4.78, 5) is 4.18. The largest absolute Gasteiger partial charge is 0.485 e. The van der Waals surface area contributed by atoms with Crippen molar-refractivity contribution in [2.24, 2.45) is 0 Å². The molecule has 0 amide bonds. The van der Waals surface area contributed by atoms with Crippen LogP contribution in [0.1, 0.15) is 31.3 Å². The van der Waals surface area contributed by atoms with Gasteiger partial charge in [-0.1, -0.05) is 0 Å². The predicted molar refractivity (Wildman–Crippen MR) is 69.3 cm³/mol. The number of hydrogen-bond donors (Lipinski definition) is 1. The summed E-state index contributed by atoms with van der Waals surface area (Å²) in [7, 11) is 0. The van der Waals surface area contributed by atoms with Gasteiger partial charge in [0.05, 0.1) is 6.10 Å². The topological polar surface area (TPSA) is 47.3 Å². The quantitative estimate of drug-likeness (QED) is 0.903. The Morgan fingerprint density at radius 2 is 2.26 bits per heavy atom. The Balaban J connectivity index is 2.17. The summed E-state index contributed by atoms with van der Waals surface area (Å²) in [5, 5.41) is 9.63. The lowest BCUT2D eigenvalue weighted by atomic mass is 10.1. The van der Waals surface area contributed by atoms with Crippen molar-refractivity contribution in [1.82, 2.24) is 9.55 Å². The van der Waals surface area contributed by atoms with Crippen LogP contribution in [0.3, 0.4) is 0 Å². The number of halogens is 1.